The Morgan fingerprint density at radius 1 is 1.53 bits per heavy atom. The normalized spacial score (nSPS) is 15.1. The maximum Gasteiger partial charge on any atom is 0.122 e. The smallest absolute Gasteiger partial charge is 0.122 e. The van der Waals surface area contributed by atoms with Crippen molar-refractivity contribution in [2.24, 2.45) is 5.73 Å². The van der Waals surface area contributed by atoms with E-state index in [-0.39, 0.29) is 5.84 Å². The highest BCUT2D eigenvalue weighted by molar-refractivity contribution is 5.77. The number of nitrogens with zero attached hydrogens (tertiary/aromatic N) is 1. The maximum atomic E-state index is 7.34. The molecule has 104 valence electrons. The molecule has 1 aromatic rings. The van der Waals surface area contributed by atoms with Crippen LogP contribution in [0, 0.1) is 5.41 Å². The van der Waals surface area contributed by atoms with Crippen molar-refractivity contribution in [2.45, 2.75) is 32.2 Å². The Morgan fingerprint density at radius 3 is 3.05 bits per heavy atom. The number of nitrogens with two attached hydrogens (primary N) is 1. The number of ether oxygens (including phenoxy) is 1. The van der Waals surface area contributed by atoms with Gasteiger partial charge < -0.3 is 15.4 Å². The summed E-state index contributed by atoms with van der Waals surface area (Å²) in [6, 6.07) is 6.80. The molecule has 0 saturated heterocycles. The zero-order chi connectivity index (χ0) is 13.8. The van der Waals surface area contributed by atoms with E-state index in [1.807, 2.05) is 0 Å². The number of amidine groups is 1. The van der Waals surface area contributed by atoms with Crippen LogP contribution in [0.2, 0.25) is 0 Å². The van der Waals surface area contributed by atoms with E-state index in [2.05, 4.69) is 37.1 Å². The zero-order valence-corrected chi connectivity index (χ0v) is 11.8. The van der Waals surface area contributed by atoms with Crippen molar-refractivity contribution in [3.63, 3.8) is 0 Å². The van der Waals surface area contributed by atoms with E-state index in [4.69, 9.17) is 15.9 Å². The van der Waals surface area contributed by atoms with Crippen molar-refractivity contribution in [1.29, 1.82) is 5.41 Å². The molecule has 0 radical (unpaired) electrons. The Bertz CT molecular complexity index is 459. The fourth-order valence-corrected chi connectivity index (χ4v) is 2.40. The third-order valence-corrected chi connectivity index (χ3v) is 3.77. The van der Waals surface area contributed by atoms with Crippen LogP contribution in [0.4, 0.5) is 0 Å². The summed E-state index contributed by atoms with van der Waals surface area (Å²) < 4.78 is 5.51. The van der Waals surface area contributed by atoms with E-state index in [0.717, 1.165) is 31.7 Å². The highest BCUT2D eigenvalue weighted by atomic mass is 16.5. The maximum absolute atomic E-state index is 7.34. The predicted octanol–water partition coefficient (Wildman–Crippen LogP) is 1.81. The quantitative estimate of drug-likeness (QED) is 0.606. The van der Waals surface area contributed by atoms with Gasteiger partial charge >= 0.3 is 0 Å². The minimum Gasteiger partial charge on any atom is -0.493 e. The molecule has 1 aromatic carbocycles. The fraction of sp³-hybridized carbons (Fsp3) is 0.533. The van der Waals surface area contributed by atoms with Crippen LogP contribution in [-0.2, 0) is 12.8 Å². The molecule has 1 heterocycles. The van der Waals surface area contributed by atoms with Crippen molar-refractivity contribution in [2.75, 3.05) is 20.2 Å². The number of fused-ring (bicyclic) bond motifs is 1. The summed E-state index contributed by atoms with van der Waals surface area (Å²) in [7, 11) is 2.09. The number of benzene rings is 1. The monoisotopic (exact) mass is 261 g/mol. The first-order valence-corrected chi connectivity index (χ1v) is 6.84. The van der Waals surface area contributed by atoms with Gasteiger partial charge in [-0.1, -0.05) is 12.1 Å². The van der Waals surface area contributed by atoms with Gasteiger partial charge in [0.05, 0.1) is 12.4 Å². The molecule has 0 fully saturated rings. The van der Waals surface area contributed by atoms with E-state index >= 15 is 0 Å². The van der Waals surface area contributed by atoms with E-state index < -0.39 is 0 Å². The first-order chi connectivity index (χ1) is 9.06. The molecule has 0 aromatic heterocycles. The summed E-state index contributed by atoms with van der Waals surface area (Å²) in [5.41, 5.74) is 8.13. The van der Waals surface area contributed by atoms with Gasteiger partial charge in [-0.25, -0.2) is 0 Å². The first-order valence-electron chi connectivity index (χ1n) is 6.84. The second-order valence-corrected chi connectivity index (χ2v) is 5.35. The molecule has 3 N–H and O–H groups in total. The fourth-order valence-electron chi connectivity index (χ4n) is 2.40. The lowest BCUT2D eigenvalue weighted by molar-refractivity contribution is 0.266. The summed E-state index contributed by atoms with van der Waals surface area (Å²) in [6.07, 6.45) is 2.68. The molecule has 0 spiro atoms. The van der Waals surface area contributed by atoms with Gasteiger partial charge in [0.15, 0.2) is 0 Å². The second-order valence-electron chi connectivity index (χ2n) is 5.35. The molecule has 4 nitrogen and oxygen atoms in total. The molecule has 4 heteroatoms. The molecule has 0 aliphatic carbocycles. The lowest BCUT2D eigenvalue weighted by Crippen LogP contribution is -2.34. The summed E-state index contributed by atoms with van der Waals surface area (Å²) in [4.78, 5) is 2.26. The molecule has 1 atom stereocenters. The Labute approximate surface area is 115 Å². The molecule has 0 bridgehead atoms. The van der Waals surface area contributed by atoms with Crippen LogP contribution >= 0.6 is 0 Å². The molecule has 1 unspecified atom stereocenters. The standard InChI is InChI=1S/C15H23N3O/c1-11(9-15(16)17)18(2)7-5-12-3-4-14-13(10-12)6-8-19-14/h3-4,10-11H,5-9H2,1-2H3,(H3,16,17). The molecular weight excluding hydrogens is 238 g/mol. The number of hydrogen-bond acceptors (Lipinski definition) is 3. The molecule has 1 aliphatic rings. The molecule has 0 amide bonds. The van der Waals surface area contributed by atoms with Crippen LogP contribution in [0.15, 0.2) is 18.2 Å². The predicted molar refractivity (Wildman–Crippen MR) is 78.0 cm³/mol. The van der Waals surface area contributed by atoms with Gasteiger partial charge in [0.25, 0.3) is 0 Å². The van der Waals surface area contributed by atoms with Crippen LogP contribution in [-0.4, -0.2) is 37.0 Å². The molecular formula is C15H23N3O. The average Bonchev–Trinajstić information content (AvgIpc) is 2.82. The first kappa shape index (κ1) is 13.9. The average molecular weight is 261 g/mol. The van der Waals surface area contributed by atoms with E-state index in [1.165, 1.54) is 11.1 Å². The van der Waals surface area contributed by atoms with E-state index in [9.17, 15) is 0 Å². The lowest BCUT2D eigenvalue weighted by atomic mass is 10.1. The van der Waals surface area contributed by atoms with Crippen LogP contribution < -0.4 is 10.5 Å². The summed E-state index contributed by atoms with van der Waals surface area (Å²) in [6.45, 7) is 3.90. The van der Waals surface area contributed by atoms with Crippen molar-refractivity contribution in [1.82, 2.24) is 4.90 Å². The zero-order valence-electron chi connectivity index (χ0n) is 11.8. The van der Waals surface area contributed by atoms with Crippen LogP contribution in [0.1, 0.15) is 24.5 Å². The van der Waals surface area contributed by atoms with E-state index in [0.29, 0.717) is 12.5 Å². The molecule has 19 heavy (non-hydrogen) atoms. The second kappa shape index (κ2) is 6.06. The van der Waals surface area contributed by atoms with Gasteiger partial charge in [-0.05, 0) is 37.6 Å². The minimum absolute atomic E-state index is 0.258. The van der Waals surface area contributed by atoms with Gasteiger partial charge in [0, 0.05) is 25.4 Å². The minimum atomic E-state index is 0.258. The highest BCUT2D eigenvalue weighted by Crippen LogP contribution is 2.26. The third-order valence-electron chi connectivity index (χ3n) is 3.77. The topological polar surface area (TPSA) is 62.3 Å². The Morgan fingerprint density at radius 2 is 2.32 bits per heavy atom. The van der Waals surface area contributed by atoms with Crippen molar-refractivity contribution >= 4 is 5.84 Å². The van der Waals surface area contributed by atoms with E-state index in [1.54, 1.807) is 0 Å². The Hall–Kier alpha value is -1.55. The Kier molecular flexibility index (Phi) is 4.43. The largest absolute Gasteiger partial charge is 0.493 e. The summed E-state index contributed by atoms with van der Waals surface area (Å²) >= 11 is 0. The number of rotatable bonds is 6. The SMILES string of the molecule is CC(CC(=N)N)N(C)CCc1ccc2c(c1)CCO2. The van der Waals surface area contributed by atoms with Gasteiger partial charge in [-0.3, -0.25) is 5.41 Å². The number of hydrogen-bond donors (Lipinski definition) is 2. The van der Waals surface area contributed by atoms with Gasteiger partial charge in [0.1, 0.15) is 5.75 Å². The van der Waals surface area contributed by atoms with Crippen LogP contribution in [0.25, 0.3) is 0 Å². The molecule has 2 rings (SSSR count). The number of nitrogens with one attached hydrogen (secondary N) is 1. The van der Waals surface area contributed by atoms with Crippen LogP contribution in [0.5, 0.6) is 5.75 Å². The molecule has 1 aliphatic heterocycles. The van der Waals surface area contributed by atoms with Crippen molar-refractivity contribution in [3.8, 4) is 5.75 Å². The van der Waals surface area contributed by atoms with Crippen molar-refractivity contribution in [3.05, 3.63) is 29.3 Å². The van der Waals surface area contributed by atoms with Crippen molar-refractivity contribution < 1.29 is 4.74 Å². The Balaban J connectivity index is 1.86. The third kappa shape index (κ3) is 3.70. The number of likely N-dealkylation sites (N-methyl/N-ethyl adjacent to an activating group) is 1. The lowest BCUT2D eigenvalue weighted by Gasteiger charge is -2.24. The van der Waals surface area contributed by atoms with Gasteiger partial charge in [-0.15, -0.1) is 0 Å². The highest BCUT2D eigenvalue weighted by Gasteiger charge is 2.13. The van der Waals surface area contributed by atoms with Gasteiger partial charge in [-0.2, -0.15) is 0 Å². The van der Waals surface area contributed by atoms with Gasteiger partial charge in [0.2, 0.25) is 0 Å². The summed E-state index contributed by atoms with van der Waals surface area (Å²) in [5.74, 6) is 1.30. The van der Waals surface area contributed by atoms with Crippen LogP contribution in [0.3, 0.4) is 0 Å². The summed E-state index contributed by atoms with van der Waals surface area (Å²) in [5, 5.41) is 7.34. The molecule has 0 saturated carbocycles.